The molecule has 1 aromatic heterocycles. The predicted octanol–water partition coefficient (Wildman–Crippen LogP) is 1.91. The molecule has 3 aliphatic heterocycles. The van der Waals surface area contributed by atoms with Gasteiger partial charge in [0.15, 0.2) is 0 Å². The first-order valence-corrected chi connectivity index (χ1v) is 11.1. The maximum Gasteiger partial charge on any atom is 0.410 e. The van der Waals surface area contributed by atoms with Crippen LogP contribution in [0.5, 0.6) is 0 Å². The molecule has 0 radical (unpaired) electrons. The summed E-state index contributed by atoms with van der Waals surface area (Å²) in [5.74, 6) is 1.67. The fraction of sp³-hybridized carbons (Fsp3) is 0.714. The van der Waals surface area contributed by atoms with E-state index >= 15 is 0 Å². The number of carbonyl (C=O) groups excluding carboxylic acids is 2. The first-order valence-electron chi connectivity index (χ1n) is 11.1. The van der Waals surface area contributed by atoms with Gasteiger partial charge in [-0.05, 0) is 25.8 Å². The van der Waals surface area contributed by atoms with Gasteiger partial charge in [0.05, 0.1) is 6.04 Å². The number of carbonyl (C=O) groups is 2. The molecule has 162 valence electrons. The second kappa shape index (κ2) is 7.59. The lowest BCUT2D eigenvalue weighted by Crippen LogP contribution is -2.62. The largest absolute Gasteiger partial charge is 0.440 e. The predicted molar refractivity (Wildman–Crippen MR) is 110 cm³/mol. The lowest BCUT2D eigenvalue weighted by molar-refractivity contribution is 0.000000675. The van der Waals surface area contributed by atoms with Crippen LogP contribution in [0, 0.1) is 6.92 Å². The highest BCUT2D eigenvalue weighted by molar-refractivity contribution is 5.76. The molecule has 4 aliphatic rings. The number of anilines is 1. The van der Waals surface area contributed by atoms with Crippen molar-refractivity contribution in [1.29, 1.82) is 0 Å². The van der Waals surface area contributed by atoms with Crippen molar-refractivity contribution in [2.24, 2.45) is 0 Å². The molecule has 30 heavy (non-hydrogen) atoms. The van der Waals surface area contributed by atoms with Crippen LogP contribution in [0.3, 0.4) is 0 Å². The third-order valence-electron chi connectivity index (χ3n) is 7.18. The van der Waals surface area contributed by atoms with Gasteiger partial charge in [0.25, 0.3) is 0 Å². The van der Waals surface area contributed by atoms with Crippen molar-refractivity contribution >= 4 is 17.9 Å². The number of hydrogen-bond donors (Lipinski definition) is 1. The summed E-state index contributed by atoms with van der Waals surface area (Å²) in [7, 11) is 0. The Morgan fingerprint density at radius 2 is 1.97 bits per heavy atom. The highest BCUT2D eigenvalue weighted by Gasteiger charge is 2.57. The maximum atomic E-state index is 12.8. The lowest BCUT2D eigenvalue weighted by atomic mass is 9.83. The van der Waals surface area contributed by atoms with Gasteiger partial charge in [-0.2, -0.15) is 0 Å². The fourth-order valence-electron chi connectivity index (χ4n) is 5.44. The van der Waals surface area contributed by atoms with E-state index in [1.165, 1.54) is 12.8 Å². The Morgan fingerprint density at radius 1 is 1.20 bits per heavy atom. The number of piperidine rings is 1. The number of aryl methyl sites for hydroxylation is 1. The molecule has 3 saturated heterocycles. The highest BCUT2D eigenvalue weighted by atomic mass is 16.6. The first-order chi connectivity index (χ1) is 14.5. The number of fused-ring (bicyclic) bond motifs is 2. The number of aromatic nitrogens is 2. The van der Waals surface area contributed by atoms with Gasteiger partial charge in [0.1, 0.15) is 17.2 Å². The Balaban J connectivity index is 1.26. The summed E-state index contributed by atoms with van der Waals surface area (Å²) in [6.45, 7) is 5.06. The minimum Gasteiger partial charge on any atom is -0.440 e. The lowest BCUT2D eigenvalue weighted by Gasteiger charge is -2.45. The zero-order chi connectivity index (χ0) is 20.7. The van der Waals surface area contributed by atoms with Crippen LogP contribution in [0.4, 0.5) is 15.4 Å². The molecule has 9 nitrogen and oxygen atoms in total. The zero-order valence-electron chi connectivity index (χ0n) is 17.5. The van der Waals surface area contributed by atoms with E-state index in [-0.39, 0.29) is 18.2 Å². The first kappa shape index (κ1) is 19.4. The fourth-order valence-corrected chi connectivity index (χ4v) is 5.44. The van der Waals surface area contributed by atoms with Gasteiger partial charge in [-0.1, -0.05) is 12.8 Å². The Morgan fingerprint density at radius 3 is 2.70 bits per heavy atom. The normalized spacial score (nSPS) is 26.1. The topological polar surface area (TPSA) is 90.9 Å². The molecule has 1 N–H and O–H groups in total. The van der Waals surface area contributed by atoms with E-state index in [1.54, 1.807) is 6.20 Å². The minimum atomic E-state index is -0.526. The second-order valence-electron chi connectivity index (χ2n) is 8.97. The molecule has 0 aromatic carbocycles. The molecule has 1 aliphatic carbocycles. The molecule has 1 aromatic rings. The third kappa shape index (κ3) is 3.44. The Bertz CT molecular complexity index is 819. The molecular formula is C21H30N6O3. The molecule has 0 bridgehead atoms. The van der Waals surface area contributed by atoms with Crippen molar-refractivity contribution in [2.45, 2.75) is 63.1 Å². The summed E-state index contributed by atoms with van der Waals surface area (Å²) in [4.78, 5) is 40.0. The average molecular weight is 415 g/mol. The third-order valence-corrected chi connectivity index (χ3v) is 7.18. The number of nitrogens with zero attached hydrogens (tertiary/aromatic N) is 5. The number of amides is 3. The van der Waals surface area contributed by atoms with E-state index in [0.29, 0.717) is 25.7 Å². The summed E-state index contributed by atoms with van der Waals surface area (Å²) in [5, 5.41) is 3.19. The zero-order valence-corrected chi connectivity index (χ0v) is 17.5. The van der Waals surface area contributed by atoms with Crippen LogP contribution in [0.25, 0.3) is 0 Å². The molecule has 1 atom stereocenters. The Hall–Kier alpha value is -2.58. The van der Waals surface area contributed by atoms with Crippen LogP contribution in [0.2, 0.25) is 0 Å². The van der Waals surface area contributed by atoms with Crippen LogP contribution in [-0.4, -0.2) is 82.3 Å². The van der Waals surface area contributed by atoms with Crippen molar-refractivity contribution in [3.63, 3.8) is 0 Å². The number of nitrogens with one attached hydrogen (secondary N) is 1. The second-order valence-corrected chi connectivity index (χ2v) is 8.97. The monoisotopic (exact) mass is 414 g/mol. The molecule has 1 spiro atoms. The molecule has 3 amide bonds. The van der Waals surface area contributed by atoms with Crippen LogP contribution in [-0.2, 0) is 4.74 Å². The SMILES string of the molecule is Cc1nccc(N2CCC3(CC2)OC(=O)N2CCN(C(=O)NC4CCCC4)CC23)n1. The average Bonchev–Trinajstić information content (AvgIpc) is 3.35. The van der Waals surface area contributed by atoms with Gasteiger partial charge in [0, 0.05) is 57.8 Å². The van der Waals surface area contributed by atoms with Crippen molar-refractivity contribution in [3.8, 4) is 0 Å². The quantitative estimate of drug-likeness (QED) is 0.795. The standard InChI is InChI=1S/C21H30N6O3/c1-15-22-9-6-18(23-15)25-10-7-21(8-11-25)17-14-26(12-13-27(17)20(29)30-21)19(28)24-16-4-2-3-5-16/h6,9,16-17H,2-5,7-8,10-14H2,1H3,(H,24,28). The summed E-state index contributed by atoms with van der Waals surface area (Å²) in [6.07, 6.45) is 7.54. The van der Waals surface area contributed by atoms with Gasteiger partial charge in [0.2, 0.25) is 0 Å². The number of ether oxygens (including phenoxy) is 1. The van der Waals surface area contributed by atoms with E-state index in [1.807, 2.05) is 22.8 Å². The Kier molecular flexibility index (Phi) is 4.91. The van der Waals surface area contributed by atoms with E-state index in [2.05, 4.69) is 20.2 Å². The Labute approximate surface area is 176 Å². The molecular weight excluding hydrogens is 384 g/mol. The van der Waals surface area contributed by atoms with Crippen LogP contribution < -0.4 is 10.2 Å². The van der Waals surface area contributed by atoms with Gasteiger partial charge in [-0.25, -0.2) is 19.6 Å². The van der Waals surface area contributed by atoms with Gasteiger partial charge >= 0.3 is 12.1 Å². The van der Waals surface area contributed by atoms with Crippen molar-refractivity contribution < 1.29 is 14.3 Å². The summed E-state index contributed by atoms with van der Waals surface area (Å²) >= 11 is 0. The minimum absolute atomic E-state index is 0.00458. The molecule has 1 unspecified atom stereocenters. The summed E-state index contributed by atoms with van der Waals surface area (Å²) in [6, 6.07) is 2.14. The number of rotatable bonds is 2. The van der Waals surface area contributed by atoms with Crippen molar-refractivity contribution in [3.05, 3.63) is 18.1 Å². The number of urea groups is 1. The van der Waals surface area contributed by atoms with Gasteiger partial charge in [-0.15, -0.1) is 0 Å². The molecule has 4 fully saturated rings. The number of hydrogen-bond acceptors (Lipinski definition) is 6. The molecule has 4 heterocycles. The van der Waals surface area contributed by atoms with Crippen molar-refractivity contribution in [2.75, 3.05) is 37.6 Å². The summed E-state index contributed by atoms with van der Waals surface area (Å²) < 4.78 is 5.98. The van der Waals surface area contributed by atoms with Crippen molar-refractivity contribution in [1.82, 2.24) is 25.1 Å². The molecule has 9 heteroatoms. The highest BCUT2D eigenvalue weighted by Crippen LogP contribution is 2.41. The van der Waals surface area contributed by atoms with Crippen LogP contribution in [0.1, 0.15) is 44.3 Å². The van der Waals surface area contributed by atoms with Crippen LogP contribution >= 0.6 is 0 Å². The van der Waals surface area contributed by atoms with Crippen LogP contribution in [0.15, 0.2) is 12.3 Å². The number of piperazine rings is 1. The van der Waals surface area contributed by atoms with E-state index in [4.69, 9.17) is 4.74 Å². The van der Waals surface area contributed by atoms with Gasteiger partial charge in [-0.3, -0.25) is 4.90 Å². The van der Waals surface area contributed by atoms with E-state index < -0.39 is 5.60 Å². The maximum absolute atomic E-state index is 12.8. The van der Waals surface area contributed by atoms with E-state index in [9.17, 15) is 9.59 Å². The molecule has 5 rings (SSSR count). The van der Waals surface area contributed by atoms with E-state index in [0.717, 1.165) is 50.4 Å². The smallest absolute Gasteiger partial charge is 0.410 e. The van der Waals surface area contributed by atoms with Gasteiger partial charge < -0.3 is 19.9 Å². The summed E-state index contributed by atoms with van der Waals surface area (Å²) in [5.41, 5.74) is -0.526. The molecule has 1 saturated carbocycles.